The highest BCUT2D eigenvalue weighted by Crippen LogP contribution is 2.32. The van der Waals surface area contributed by atoms with Crippen molar-refractivity contribution >= 4 is 17.5 Å². The summed E-state index contributed by atoms with van der Waals surface area (Å²) in [5.41, 5.74) is 13.6. The van der Waals surface area contributed by atoms with Crippen LogP contribution >= 0.6 is 0 Å². The van der Waals surface area contributed by atoms with Crippen LogP contribution in [0.4, 0.5) is 11.4 Å². The van der Waals surface area contributed by atoms with Gasteiger partial charge in [-0.15, -0.1) is 13.2 Å². The number of hydrogen-bond acceptors (Lipinski definition) is 5. The molecule has 41 heavy (non-hydrogen) atoms. The molecule has 0 bridgehead atoms. The van der Waals surface area contributed by atoms with Crippen LogP contribution in [0.15, 0.2) is 86.1 Å². The van der Waals surface area contributed by atoms with Crippen LogP contribution in [-0.2, 0) is 13.0 Å². The highest BCUT2D eigenvalue weighted by atomic mass is 15.1. The Bertz CT molecular complexity index is 1180. The number of rotatable bonds is 17. The number of nitrogens with one attached hydrogen (secondary N) is 3. The smallest absolute Gasteiger partial charge is 0.0676 e. The van der Waals surface area contributed by atoms with Crippen LogP contribution in [0.2, 0.25) is 0 Å². The van der Waals surface area contributed by atoms with Crippen LogP contribution in [0.5, 0.6) is 0 Å². The van der Waals surface area contributed by atoms with Crippen LogP contribution in [0.3, 0.4) is 0 Å². The van der Waals surface area contributed by atoms with Gasteiger partial charge in [-0.2, -0.15) is 0 Å². The number of para-hydroxylation sites is 2. The first-order chi connectivity index (χ1) is 20.0. The van der Waals surface area contributed by atoms with E-state index in [4.69, 9.17) is 5.73 Å². The first kappa shape index (κ1) is 30.7. The van der Waals surface area contributed by atoms with Crippen LogP contribution < -0.4 is 21.7 Å². The number of fused-ring (bicyclic) bond motifs is 1. The van der Waals surface area contributed by atoms with Gasteiger partial charge in [0.1, 0.15) is 0 Å². The Morgan fingerprint density at radius 1 is 1.12 bits per heavy atom. The molecule has 2 aromatic carbocycles. The Labute approximate surface area is 248 Å². The number of allylic oxidation sites excluding steroid dienone is 1. The largest absolute Gasteiger partial charge is 0.388 e. The first-order valence-corrected chi connectivity index (χ1v) is 15.5. The number of nitrogens with zero attached hydrogens (tertiary/aromatic N) is 1. The zero-order chi connectivity index (χ0) is 29.0. The molecule has 1 heterocycles. The molecule has 2 unspecified atom stereocenters. The summed E-state index contributed by atoms with van der Waals surface area (Å²) in [5.74, 6) is 0.837. The molecule has 1 aliphatic carbocycles. The standard InChI is InChI=1S/C36H51N5/c1-5-8-15-33(7-3)41(4)26-30-19-18-27(20-29(30)6-2)13-9-10-14-28-21-32(22-28)38-24-31(23-37)36-25-39-34-16-11-12-17-35(34)40-36/h5-7,11-12,16-20,24,28,32-33,36,38-40H,1-3,8-10,13-15,21-23,25-26,37H2,4H3/b31-24+. The van der Waals surface area contributed by atoms with Crippen molar-refractivity contribution in [1.82, 2.24) is 10.2 Å². The normalized spacial score (nSPS) is 20.7. The van der Waals surface area contributed by atoms with Gasteiger partial charge in [0.05, 0.1) is 17.4 Å². The van der Waals surface area contributed by atoms with E-state index in [0.29, 0.717) is 18.6 Å². The van der Waals surface area contributed by atoms with Gasteiger partial charge >= 0.3 is 0 Å². The van der Waals surface area contributed by atoms with E-state index in [1.807, 2.05) is 18.2 Å². The Hall–Kier alpha value is -3.28. The van der Waals surface area contributed by atoms with E-state index in [0.717, 1.165) is 49.6 Å². The lowest BCUT2D eigenvalue weighted by molar-refractivity contribution is 0.220. The fourth-order valence-corrected chi connectivity index (χ4v) is 6.16. The minimum Gasteiger partial charge on any atom is -0.388 e. The molecule has 2 aliphatic rings. The molecular weight excluding hydrogens is 502 g/mol. The Kier molecular flexibility index (Phi) is 11.7. The molecule has 1 saturated carbocycles. The minimum absolute atomic E-state index is 0.223. The first-order valence-electron chi connectivity index (χ1n) is 15.5. The van der Waals surface area contributed by atoms with Gasteiger partial charge < -0.3 is 21.7 Å². The van der Waals surface area contributed by atoms with Crippen molar-refractivity contribution in [1.29, 1.82) is 0 Å². The average molecular weight is 554 g/mol. The van der Waals surface area contributed by atoms with E-state index >= 15 is 0 Å². The zero-order valence-electron chi connectivity index (χ0n) is 25.1. The highest BCUT2D eigenvalue weighted by molar-refractivity contribution is 5.71. The maximum Gasteiger partial charge on any atom is 0.0676 e. The van der Waals surface area contributed by atoms with Crippen molar-refractivity contribution in [2.75, 3.05) is 30.8 Å². The van der Waals surface area contributed by atoms with Crippen LogP contribution in [-0.4, -0.2) is 43.2 Å². The minimum atomic E-state index is 0.223. The van der Waals surface area contributed by atoms with Crippen molar-refractivity contribution in [2.24, 2.45) is 11.7 Å². The number of aryl methyl sites for hydroxylation is 1. The van der Waals surface area contributed by atoms with E-state index < -0.39 is 0 Å². The van der Waals surface area contributed by atoms with Crippen LogP contribution in [0.25, 0.3) is 6.08 Å². The topological polar surface area (TPSA) is 65.3 Å². The summed E-state index contributed by atoms with van der Waals surface area (Å²) in [6.45, 7) is 14.3. The van der Waals surface area contributed by atoms with E-state index in [2.05, 4.69) is 96.3 Å². The SMILES string of the molecule is C=CCCC(C=C)N(C)Cc1ccc(CCCCC2CC(N/C=C(\CN)C3CNc4ccccc4N3)C2)cc1C=C. The third-order valence-corrected chi connectivity index (χ3v) is 8.86. The fourth-order valence-electron chi connectivity index (χ4n) is 6.16. The lowest BCUT2D eigenvalue weighted by Gasteiger charge is -2.36. The zero-order valence-corrected chi connectivity index (χ0v) is 25.1. The number of hydrogen-bond donors (Lipinski definition) is 4. The molecule has 0 spiro atoms. The molecular formula is C36H51N5. The lowest BCUT2D eigenvalue weighted by atomic mass is 9.77. The average Bonchev–Trinajstić information content (AvgIpc) is 2.98. The molecule has 220 valence electrons. The van der Waals surface area contributed by atoms with Crippen molar-refractivity contribution in [3.8, 4) is 0 Å². The summed E-state index contributed by atoms with van der Waals surface area (Å²) in [7, 11) is 2.18. The van der Waals surface area contributed by atoms with E-state index in [9.17, 15) is 0 Å². The number of unbranched alkanes of at least 4 members (excludes halogenated alkanes) is 1. The quantitative estimate of drug-likeness (QED) is 0.124. The Morgan fingerprint density at radius 3 is 2.66 bits per heavy atom. The predicted octanol–water partition coefficient (Wildman–Crippen LogP) is 7.11. The molecule has 5 nitrogen and oxygen atoms in total. The van der Waals surface area contributed by atoms with Crippen molar-refractivity contribution in [3.05, 3.63) is 103 Å². The Morgan fingerprint density at radius 2 is 1.93 bits per heavy atom. The van der Waals surface area contributed by atoms with Crippen molar-refractivity contribution < 1.29 is 0 Å². The van der Waals surface area contributed by atoms with Gasteiger partial charge in [-0.05, 0) is 92.1 Å². The second kappa shape index (κ2) is 15.6. The summed E-state index contributed by atoms with van der Waals surface area (Å²) in [5, 5.41) is 10.8. The van der Waals surface area contributed by atoms with Crippen molar-refractivity contribution in [3.63, 3.8) is 0 Å². The van der Waals surface area contributed by atoms with E-state index in [1.54, 1.807) is 0 Å². The molecule has 0 amide bonds. The van der Waals surface area contributed by atoms with Gasteiger partial charge in [-0.3, -0.25) is 4.90 Å². The highest BCUT2D eigenvalue weighted by Gasteiger charge is 2.28. The third-order valence-electron chi connectivity index (χ3n) is 8.86. The predicted molar refractivity (Wildman–Crippen MR) is 178 cm³/mol. The molecule has 0 aromatic heterocycles. The summed E-state index contributed by atoms with van der Waals surface area (Å²) in [6, 6.07) is 16.4. The van der Waals surface area contributed by atoms with E-state index in [-0.39, 0.29) is 6.04 Å². The van der Waals surface area contributed by atoms with Crippen molar-refractivity contribution in [2.45, 2.75) is 76.0 Å². The van der Waals surface area contributed by atoms with Gasteiger partial charge in [0.15, 0.2) is 0 Å². The molecule has 0 radical (unpaired) electrons. The summed E-state index contributed by atoms with van der Waals surface area (Å²) in [6.07, 6.45) is 17.8. The summed E-state index contributed by atoms with van der Waals surface area (Å²) < 4.78 is 0. The molecule has 0 saturated heterocycles. The number of benzene rings is 2. The van der Waals surface area contributed by atoms with Gasteiger partial charge in [0, 0.05) is 31.7 Å². The molecule has 5 heteroatoms. The monoisotopic (exact) mass is 553 g/mol. The van der Waals surface area contributed by atoms with Gasteiger partial charge in [-0.1, -0.05) is 68.0 Å². The summed E-state index contributed by atoms with van der Waals surface area (Å²) >= 11 is 0. The number of likely N-dealkylation sites (N-methyl/N-ethyl adjacent to an activating group) is 1. The van der Waals surface area contributed by atoms with Gasteiger partial charge in [0.2, 0.25) is 0 Å². The van der Waals surface area contributed by atoms with Gasteiger partial charge in [0.25, 0.3) is 0 Å². The second-order valence-electron chi connectivity index (χ2n) is 11.8. The molecule has 5 N–H and O–H groups in total. The molecule has 4 rings (SSSR count). The van der Waals surface area contributed by atoms with E-state index in [1.165, 1.54) is 54.4 Å². The number of nitrogens with two attached hydrogens (primary N) is 1. The fraction of sp³-hybridized carbons (Fsp3) is 0.444. The molecule has 2 aromatic rings. The lowest BCUT2D eigenvalue weighted by Crippen LogP contribution is -2.41. The molecule has 2 atom stereocenters. The maximum absolute atomic E-state index is 6.12. The molecule has 1 aliphatic heterocycles. The third kappa shape index (κ3) is 8.61. The van der Waals surface area contributed by atoms with Crippen LogP contribution in [0, 0.1) is 5.92 Å². The molecule has 1 fully saturated rings. The van der Waals surface area contributed by atoms with Gasteiger partial charge in [-0.25, -0.2) is 0 Å². The maximum atomic E-state index is 6.12. The number of anilines is 2. The second-order valence-corrected chi connectivity index (χ2v) is 11.8. The Balaban J connectivity index is 1.15. The van der Waals surface area contributed by atoms with Crippen LogP contribution in [0.1, 0.15) is 61.6 Å². The summed E-state index contributed by atoms with van der Waals surface area (Å²) in [4.78, 5) is 2.37.